The zero-order valence-corrected chi connectivity index (χ0v) is 13.9. The van der Waals surface area contributed by atoms with Crippen molar-refractivity contribution in [2.45, 2.75) is 13.1 Å². The van der Waals surface area contributed by atoms with Crippen LogP contribution in [0.4, 0.5) is 18.9 Å². The molecule has 0 unspecified atom stereocenters. The minimum absolute atomic E-state index is 0.234. The maximum atomic E-state index is 12.7. The Balaban J connectivity index is 1.60. The van der Waals surface area contributed by atoms with E-state index < -0.39 is 17.4 Å². The lowest BCUT2D eigenvalue weighted by Gasteiger charge is -2.11. The van der Waals surface area contributed by atoms with Crippen molar-refractivity contribution in [1.29, 1.82) is 0 Å². The lowest BCUT2D eigenvalue weighted by molar-refractivity contribution is -0.137. The molecule has 0 amide bonds. The lowest BCUT2D eigenvalue weighted by Crippen LogP contribution is -2.12. The second-order valence-corrected chi connectivity index (χ2v) is 5.76. The Hall–Kier alpha value is -2.96. The molecule has 0 fully saturated rings. The number of aryl methyl sites for hydroxylation is 1. The molecule has 3 rings (SSSR count). The quantitative estimate of drug-likeness (QED) is 0.531. The molecule has 3 aromatic rings. The second-order valence-electron chi connectivity index (χ2n) is 5.76. The van der Waals surface area contributed by atoms with Crippen LogP contribution >= 0.6 is 0 Å². The summed E-state index contributed by atoms with van der Waals surface area (Å²) in [6.45, 7) is 2.37. The molecule has 0 aliphatic carbocycles. The van der Waals surface area contributed by atoms with E-state index in [2.05, 4.69) is 5.32 Å². The van der Waals surface area contributed by atoms with E-state index in [0.717, 1.165) is 23.1 Å². The van der Waals surface area contributed by atoms with E-state index in [1.165, 1.54) is 12.1 Å². The molecule has 26 heavy (non-hydrogen) atoms. The first-order valence-electron chi connectivity index (χ1n) is 7.91. The van der Waals surface area contributed by atoms with Crippen LogP contribution in [0.25, 0.3) is 11.0 Å². The van der Waals surface area contributed by atoms with E-state index in [1.54, 1.807) is 24.3 Å². The third kappa shape index (κ3) is 4.17. The van der Waals surface area contributed by atoms with Crippen LogP contribution in [0.2, 0.25) is 0 Å². The van der Waals surface area contributed by atoms with Crippen molar-refractivity contribution in [3.05, 3.63) is 70.1 Å². The van der Waals surface area contributed by atoms with Gasteiger partial charge in [-0.05, 0) is 42.8 Å². The van der Waals surface area contributed by atoms with Crippen molar-refractivity contribution < 1.29 is 22.3 Å². The molecular formula is C19H16F3NO3. The number of halogens is 3. The molecule has 1 heterocycles. The van der Waals surface area contributed by atoms with Gasteiger partial charge in [-0.2, -0.15) is 13.2 Å². The number of fused-ring (bicyclic) bond motifs is 1. The molecule has 0 aliphatic rings. The van der Waals surface area contributed by atoms with Gasteiger partial charge in [0.15, 0.2) is 0 Å². The number of anilines is 1. The highest BCUT2D eigenvalue weighted by molar-refractivity contribution is 5.81. The monoisotopic (exact) mass is 363 g/mol. The number of ether oxygens (including phenoxy) is 1. The minimum Gasteiger partial charge on any atom is -0.492 e. The highest BCUT2D eigenvalue weighted by Crippen LogP contribution is 2.30. The van der Waals surface area contributed by atoms with Crippen molar-refractivity contribution in [2.75, 3.05) is 18.5 Å². The van der Waals surface area contributed by atoms with E-state index >= 15 is 0 Å². The third-order valence-electron chi connectivity index (χ3n) is 3.81. The summed E-state index contributed by atoms with van der Waals surface area (Å²) in [6.07, 6.45) is -4.37. The molecule has 0 bridgehead atoms. The summed E-state index contributed by atoms with van der Waals surface area (Å²) in [5.41, 5.74) is 0.470. The third-order valence-corrected chi connectivity index (χ3v) is 3.81. The normalized spacial score (nSPS) is 11.5. The van der Waals surface area contributed by atoms with Gasteiger partial charge in [0.05, 0.1) is 5.56 Å². The van der Waals surface area contributed by atoms with Crippen LogP contribution in [0, 0.1) is 6.92 Å². The summed E-state index contributed by atoms with van der Waals surface area (Å²) >= 11 is 0. The maximum Gasteiger partial charge on any atom is 0.416 e. The molecule has 1 N–H and O–H groups in total. The SMILES string of the molecule is Cc1cc(=O)oc2cc(OCCNc3cccc(C(F)(F)F)c3)ccc12. The van der Waals surface area contributed by atoms with Crippen LogP contribution in [0.15, 0.2) is 57.7 Å². The molecule has 0 saturated heterocycles. The average Bonchev–Trinajstić information content (AvgIpc) is 2.58. The van der Waals surface area contributed by atoms with Gasteiger partial charge in [0.2, 0.25) is 0 Å². The van der Waals surface area contributed by atoms with Gasteiger partial charge in [0.25, 0.3) is 0 Å². The van der Waals surface area contributed by atoms with Crippen LogP contribution in [0.3, 0.4) is 0 Å². The number of rotatable bonds is 5. The fourth-order valence-corrected chi connectivity index (χ4v) is 2.56. The maximum absolute atomic E-state index is 12.7. The largest absolute Gasteiger partial charge is 0.492 e. The number of benzene rings is 2. The first kappa shape index (κ1) is 17.8. The van der Waals surface area contributed by atoms with Crippen LogP contribution in [-0.2, 0) is 6.18 Å². The Morgan fingerprint density at radius 1 is 1.12 bits per heavy atom. The molecule has 0 spiro atoms. The van der Waals surface area contributed by atoms with Crippen molar-refractivity contribution in [3.63, 3.8) is 0 Å². The first-order valence-corrected chi connectivity index (χ1v) is 7.91. The topological polar surface area (TPSA) is 51.5 Å². The summed E-state index contributed by atoms with van der Waals surface area (Å²) in [5, 5.41) is 3.70. The van der Waals surface area contributed by atoms with Crippen molar-refractivity contribution in [3.8, 4) is 5.75 Å². The number of alkyl halides is 3. The fourth-order valence-electron chi connectivity index (χ4n) is 2.56. The Labute approximate surface area is 147 Å². The summed E-state index contributed by atoms with van der Waals surface area (Å²) in [4.78, 5) is 11.4. The Kier molecular flexibility index (Phi) is 4.88. The molecule has 136 valence electrons. The average molecular weight is 363 g/mol. The van der Waals surface area contributed by atoms with Crippen LogP contribution < -0.4 is 15.7 Å². The molecule has 0 atom stereocenters. The Morgan fingerprint density at radius 3 is 2.69 bits per heavy atom. The molecule has 0 aliphatic heterocycles. The summed E-state index contributed by atoms with van der Waals surface area (Å²) < 4.78 is 48.7. The summed E-state index contributed by atoms with van der Waals surface area (Å²) in [6, 6.07) is 11.6. The summed E-state index contributed by atoms with van der Waals surface area (Å²) in [5.74, 6) is 0.511. The molecule has 4 nitrogen and oxygen atoms in total. The molecular weight excluding hydrogens is 347 g/mol. The minimum atomic E-state index is -4.37. The molecule has 0 saturated carbocycles. The first-order chi connectivity index (χ1) is 12.3. The van der Waals surface area contributed by atoms with Crippen LogP contribution in [-0.4, -0.2) is 13.2 Å². The van der Waals surface area contributed by atoms with Crippen molar-refractivity contribution in [1.82, 2.24) is 0 Å². The predicted octanol–water partition coefficient (Wildman–Crippen LogP) is 4.61. The van der Waals surface area contributed by atoms with E-state index in [9.17, 15) is 18.0 Å². The molecule has 0 radical (unpaired) electrons. The van der Waals surface area contributed by atoms with E-state index in [-0.39, 0.29) is 6.61 Å². The van der Waals surface area contributed by atoms with Gasteiger partial charge in [-0.25, -0.2) is 4.79 Å². The summed E-state index contributed by atoms with van der Waals surface area (Å²) in [7, 11) is 0. The Morgan fingerprint density at radius 2 is 1.92 bits per heavy atom. The molecule has 2 aromatic carbocycles. The predicted molar refractivity (Wildman–Crippen MR) is 92.6 cm³/mol. The number of nitrogens with one attached hydrogen (secondary N) is 1. The van der Waals surface area contributed by atoms with Gasteiger partial charge < -0.3 is 14.5 Å². The Bertz CT molecular complexity index is 980. The smallest absolute Gasteiger partial charge is 0.416 e. The van der Waals surface area contributed by atoms with Gasteiger partial charge in [0.1, 0.15) is 17.9 Å². The molecule has 7 heteroatoms. The zero-order chi connectivity index (χ0) is 18.7. The van der Waals surface area contributed by atoms with Gasteiger partial charge >= 0.3 is 11.8 Å². The standard InChI is InChI=1S/C19H16F3NO3/c1-12-9-18(24)26-17-11-15(5-6-16(12)17)25-8-7-23-14-4-2-3-13(10-14)19(20,21)22/h2-6,9-11,23H,7-8H2,1H3. The van der Waals surface area contributed by atoms with E-state index in [0.29, 0.717) is 23.6 Å². The molecule has 1 aromatic heterocycles. The van der Waals surface area contributed by atoms with Gasteiger partial charge in [0, 0.05) is 29.8 Å². The van der Waals surface area contributed by atoms with Crippen LogP contribution in [0.5, 0.6) is 5.75 Å². The zero-order valence-electron chi connectivity index (χ0n) is 13.9. The van der Waals surface area contributed by atoms with Crippen LogP contribution in [0.1, 0.15) is 11.1 Å². The lowest BCUT2D eigenvalue weighted by atomic mass is 10.1. The fraction of sp³-hybridized carbons (Fsp3) is 0.211. The second kappa shape index (κ2) is 7.11. The van der Waals surface area contributed by atoms with Crippen molar-refractivity contribution >= 4 is 16.7 Å². The van der Waals surface area contributed by atoms with Gasteiger partial charge in [-0.1, -0.05) is 6.07 Å². The van der Waals surface area contributed by atoms with Gasteiger partial charge in [-0.15, -0.1) is 0 Å². The number of hydrogen-bond donors (Lipinski definition) is 1. The highest BCUT2D eigenvalue weighted by atomic mass is 19.4. The number of hydrogen-bond acceptors (Lipinski definition) is 4. The van der Waals surface area contributed by atoms with Crippen molar-refractivity contribution in [2.24, 2.45) is 0 Å². The van der Waals surface area contributed by atoms with E-state index in [1.807, 2.05) is 6.92 Å². The van der Waals surface area contributed by atoms with E-state index in [4.69, 9.17) is 9.15 Å². The highest BCUT2D eigenvalue weighted by Gasteiger charge is 2.30. The van der Waals surface area contributed by atoms with Gasteiger partial charge in [-0.3, -0.25) is 0 Å².